The second kappa shape index (κ2) is 6.85. The molecule has 1 heterocycles. The van der Waals surface area contributed by atoms with Crippen molar-refractivity contribution in [1.82, 2.24) is 4.98 Å². The summed E-state index contributed by atoms with van der Waals surface area (Å²) in [5.74, 6) is -1.34. The number of anilines is 1. The molecule has 21 heavy (non-hydrogen) atoms. The van der Waals surface area contributed by atoms with E-state index in [2.05, 4.69) is 26.2 Å². The third-order valence-corrected chi connectivity index (χ3v) is 2.97. The van der Waals surface area contributed by atoms with Crippen LogP contribution < -0.4 is 10.9 Å². The van der Waals surface area contributed by atoms with Crippen molar-refractivity contribution in [2.24, 2.45) is 0 Å². The lowest BCUT2D eigenvalue weighted by molar-refractivity contribution is -0.119. The van der Waals surface area contributed by atoms with Crippen LogP contribution in [0.25, 0.3) is 0 Å². The van der Waals surface area contributed by atoms with Gasteiger partial charge in [0.1, 0.15) is 5.56 Å². The average Bonchev–Trinajstić information content (AvgIpc) is 2.45. The second-order valence-electron chi connectivity index (χ2n) is 4.05. The highest BCUT2D eigenvalue weighted by atomic mass is 79.9. The smallest absolute Gasteiger partial charge is 0.344 e. The highest BCUT2D eigenvalue weighted by molar-refractivity contribution is 9.10. The zero-order valence-corrected chi connectivity index (χ0v) is 12.3. The molecule has 7 heteroatoms. The monoisotopic (exact) mass is 350 g/mol. The minimum atomic E-state index is -0.846. The zero-order valence-electron chi connectivity index (χ0n) is 10.8. The van der Waals surface area contributed by atoms with Crippen molar-refractivity contribution in [3.63, 3.8) is 0 Å². The summed E-state index contributed by atoms with van der Waals surface area (Å²) in [7, 11) is 0. The summed E-state index contributed by atoms with van der Waals surface area (Å²) in [5, 5.41) is 2.57. The molecule has 2 rings (SSSR count). The summed E-state index contributed by atoms with van der Waals surface area (Å²) in [6.07, 6.45) is 1.40. The molecule has 6 nitrogen and oxygen atoms in total. The molecule has 0 saturated heterocycles. The number of amides is 1. The summed E-state index contributed by atoms with van der Waals surface area (Å²) < 4.78 is 5.60. The first kappa shape index (κ1) is 15.0. The number of ether oxygens (including phenoxy) is 1. The van der Waals surface area contributed by atoms with E-state index >= 15 is 0 Å². The highest BCUT2D eigenvalue weighted by Crippen LogP contribution is 2.15. The fourth-order valence-corrected chi connectivity index (χ4v) is 1.95. The number of aromatic amines is 1. The van der Waals surface area contributed by atoms with Crippen molar-refractivity contribution in [1.29, 1.82) is 0 Å². The number of carbonyl (C=O) groups is 2. The van der Waals surface area contributed by atoms with E-state index in [0.717, 1.165) is 4.47 Å². The summed E-state index contributed by atoms with van der Waals surface area (Å²) in [6.45, 7) is -0.473. The van der Waals surface area contributed by atoms with Crippen LogP contribution in [0, 0.1) is 0 Å². The quantitative estimate of drug-likeness (QED) is 0.824. The van der Waals surface area contributed by atoms with Gasteiger partial charge in [-0.2, -0.15) is 0 Å². The molecule has 0 atom stereocenters. The van der Waals surface area contributed by atoms with Crippen LogP contribution in [0.4, 0.5) is 5.69 Å². The fourth-order valence-electron chi connectivity index (χ4n) is 1.55. The van der Waals surface area contributed by atoms with Gasteiger partial charge < -0.3 is 15.0 Å². The van der Waals surface area contributed by atoms with Crippen molar-refractivity contribution >= 4 is 33.5 Å². The van der Waals surface area contributed by atoms with Gasteiger partial charge in [-0.1, -0.05) is 22.0 Å². The van der Waals surface area contributed by atoms with Crippen LogP contribution in [0.2, 0.25) is 0 Å². The van der Waals surface area contributed by atoms with E-state index in [-0.39, 0.29) is 5.56 Å². The normalized spacial score (nSPS) is 9.95. The fraction of sp³-hybridized carbons (Fsp3) is 0.0714. The van der Waals surface area contributed by atoms with Crippen LogP contribution in [0.15, 0.2) is 51.9 Å². The van der Waals surface area contributed by atoms with Gasteiger partial charge in [-0.05, 0) is 30.3 Å². The minimum absolute atomic E-state index is 0.146. The first-order valence-electron chi connectivity index (χ1n) is 5.96. The number of hydrogen-bond acceptors (Lipinski definition) is 4. The molecule has 0 unspecified atom stereocenters. The molecule has 108 valence electrons. The van der Waals surface area contributed by atoms with E-state index in [0.29, 0.717) is 5.69 Å². The van der Waals surface area contributed by atoms with Crippen LogP contribution in [-0.4, -0.2) is 23.5 Å². The van der Waals surface area contributed by atoms with E-state index < -0.39 is 24.0 Å². The number of rotatable bonds is 4. The number of carbonyl (C=O) groups excluding carboxylic acids is 2. The van der Waals surface area contributed by atoms with Gasteiger partial charge in [-0.3, -0.25) is 9.59 Å². The number of esters is 1. The van der Waals surface area contributed by atoms with Crippen molar-refractivity contribution in [3.8, 4) is 0 Å². The van der Waals surface area contributed by atoms with Crippen LogP contribution in [0.5, 0.6) is 0 Å². The van der Waals surface area contributed by atoms with Crippen molar-refractivity contribution in [2.75, 3.05) is 11.9 Å². The molecule has 0 aliphatic carbocycles. The highest BCUT2D eigenvalue weighted by Gasteiger charge is 2.13. The Morgan fingerprint density at radius 2 is 2.05 bits per heavy atom. The molecule has 0 bridgehead atoms. The molecular formula is C14H11BrN2O4. The first-order chi connectivity index (χ1) is 10.1. The largest absolute Gasteiger partial charge is 0.452 e. The van der Waals surface area contributed by atoms with Gasteiger partial charge in [0.05, 0.1) is 0 Å². The van der Waals surface area contributed by atoms with E-state index in [1.54, 1.807) is 18.2 Å². The van der Waals surface area contributed by atoms with Crippen LogP contribution >= 0.6 is 15.9 Å². The third-order valence-electron chi connectivity index (χ3n) is 2.48. The zero-order chi connectivity index (χ0) is 15.2. The molecule has 1 aromatic carbocycles. The van der Waals surface area contributed by atoms with E-state index in [4.69, 9.17) is 4.74 Å². The topological polar surface area (TPSA) is 88.3 Å². The van der Waals surface area contributed by atoms with Gasteiger partial charge >= 0.3 is 5.97 Å². The standard InChI is InChI=1S/C14H11BrN2O4/c15-9-3-1-4-10(7-9)17-12(18)8-21-14(20)11-5-2-6-16-13(11)19/h1-7H,8H2,(H,16,19)(H,17,18). The predicted octanol–water partition coefficient (Wildman–Crippen LogP) is 1.93. The minimum Gasteiger partial charge on any atom is -0.452 e. The lowest BCUT2D eigenvalue weighted by Gasteiger charge is -2.06. The average molecular weight is 351 g/mol. The Labute approximate surface area is 128 Å². The Balaban J connectivity index is 1.91. The molecule has 1 aromatic heterocycles. The maximum absolute atomic E-state index is 11.7. The first-order valence-corrected chi connectivity index (χ1v) is 6.76. The number of pyridine rings is 1. The number of benzene rings is 1. The lowest BCUT2D eigenvalue weighted by atomic mass is 10.3. The Morgan fingerprint density at radius 1 is 1.24 bits per heavy atom. The van der Waals surface area contributed by atoms with Crippen LogP contribution in [0.1, 0.15) is 10.4 Å². The Hall–Kier alpha value is -2.41. The van der Waals surface area contributed by atoms with Crippen molar-refractivity contribution in [3.05, 3.63) is 63.0 Å². The summed E-state index contributed by atoms with van der Waals surface area (Å²) in [4.78, 5) is 37.0. The molecule has 2 aromatic rings. The number of H-pyrrole nitrogens is 1. The van der Waals surface area contributed by atoms with Gasteiger partial charge in [0.2, 0.25) is 0 Å². The second-order valence-corrected chi connectivity index (χ2v) is 4.96. The van der Waals surface area contributed by atoms with Gasteiger partial charge in [0.15, 0.2) is 6.61 Å². The molecule has 0 aliphatic rings. The van der Waals surface area contributed by atoms with E-state index in [1.807, 2.05) is 6.07 Å². The maximum atomic E-state index is 11.7. The molecular weight excluding hydrogens is 340 g/mol. The van der Waals surface area contributed by atoms with Crippen LogP contribution in [-0.2, 0) is 9.53 Å². The summed E-state index contributed by atoms with van der Waals surface area (Å²) in [5.41, 5.74) is -0.134. The van der Waals surface area contributed by atoms with Gasteiger partial charge in [0.25, 0.3) is 11.5 Å². The van der Waals surface area contributed by atoms with Crippen molar-refractivity contribution < 1.29 is 14.3 Å². The molecule has 0 fully saturated rings. The van der Waals surface area contributed by atoms with E-state index in [1.165, 1.54) is 18.3 Å². The third kappa shape index (κ3) is 4.28. The summed E-state index contributed by atoms with van der Waals surface area (Å²) in [6, 6.07) is 9.81. The SMILES string of the molecule is O=C(COC(=O)c1ccc[nH]c1=O)Nc1cccc(Br)c1. The van der Waals surface area contributed by atoms with Gasteiger partial charge in [-0.25, -0.2) is 4.79 Å². The molecule has 1 amide bonds. The Morgan fingerprint density at radius 3 is 2.76 bits per heavy atom. The molecule has 2 N–H and O–H groups in total. The maximum Gasteiger partial charge on any atom is 0.344 e. The summed E-state index contributed by atoms with van der Waals surface area (Å²) >= 11 is 3.28. The predicted molar refractivity (Wildman–Crippen MR) is 80.1 cm³/mol. The number of hydrogen-bond donors (Lipinski definition) is 2. The molecule has 0 spiro atoms. The van der Waals surface area contributed by atoms with Gasteiger partial charge in [0, 0.05) is 16.4 Å². The molecule has 0 radical (unpaired) electrons. The van der Waals surface area contributed by atoms with Crippen LogP contribution in [0.3, 0.4) is 0 Å². The Kier molecular flexibility index (Phi) is 4.89. The Bertz CT molecular complexity index is 727. The van der Waals surface area contributed by atoms with Crippen molar-refractivity contribution in [2.45, 2.75) is 0 Å². The molecule has 0 saturated carbocycles. The number of aromatic nitrogens is 1. The molecule has 0 aliphatic heterocycles. The number of nitrogens with one attached hydrogen (secondary N) is 2. The van der Waals surface area contributed by atoms with E-state index in [9.17, 15) is 14.4 Å². The lowest BCUT2D eigenvalue weighted by Crippen LogP contribution is -2.24. The number of halogens is 1. The van der Waals surface area contributed by atoms with Gasteiger partial charge in [-0.15, -0.1) is 0 Å².